The first-order chi connectivity index (χ1) is 10.3. The number of rotatable bonds is 4. The molecule has 2 aromatic carbocycles. The molecule has 1 heterocycles. The quantitative estimate of drug-likeness (QED) is 0.575. The molecule has 0 saturated heterocycles. The first-order valence-corrected chi connectivity index (χ1v) is 7.21. The summed E-state index contributed by atoms with van der Waals surface area (Å²) in [6, 6.07) is 23.1. The Kier molecular flexibility index (Phi) is 3.97. The molecule has 0 radical (unpaired) electrons. The van der Waals surface area contributed by atoms with Gasteiger partial charge in [-0.25, -0.2) is 5.84 Å². The molecule has 3 aromatic rings. The fraction of sp³-hybridized carbons (Fsp3) is 0.105. The van der Waals surface area contributed by atoms with Crippen LogP contribution in [0.2, 0.25) is 0 Å². The van der Waals surface area contributed by atoms with Crippen LogP contribution in [0.1, 0.15) is 11.1 Å². The number of pyridine rings is 1. The summed E-state index contributed by atoms with van der Waals surface area (Å²) in [6.45, 7) is 0. The van der Waals surface area contributed by atoms with E-state index >= 15 is 0 Å². The molecular weight excluding hydrogens is 256 g/mol. The lowest BCUT2D eigenvalue weighted by molar-refractivity contribution is -0.638. The summed E-state index contributed by atoms with van der Waals surface area (Å²) < 4.78 is 1.66. The molecule has 0 aliphatic heterocycles. The molecule has 0 aliphatic carbocycles. The van der Waals surface area contributed by atoms with E-state index in [0.717, 1.165) is 18.4 Å². The van der Waals surface area contributed by atoms with Gasteiger partial charge in [0.15, 0.2) is 0 Å². The van der Waals surface area contributed by atoms with Gasteiger partial charge in [-0.3, -0.25) is 0 Å². The zero-order chi connectivity index (χ0) is 14.5. The van der Waals surface area contributed by atoms with Crippen molar-refractivity contribution in [2.75, 3.05) is 5.84 Å². The van der Waals surface area contributed by atoms with Crippen LogP contribution in [0.15, 0.2) is 79.1 Å². The van der Waals surface area contributed by atoms with Crippen molar-refractivity contribution in [2.45, 2.75) is 12.8 Å². The highest BCUT2D eigenvalue weighted by Gasteiger charge is 2.07. The number of nitrogen functional groups attached to an aromatic ring is 1. The van der Waals surface area contributed by atoms with Crippen molar-refractivity contribution < 1.29 is 4.68 Å². The molecule has 1 aromatic heterocycles. The standard InChI is InChI=1S/C19H19N2/c20-21-14-17(12-11-16-7-3-1-4-8-16)13-19(15-21)18-9-5-2-6-10-18/h1-10,13-15H,11-12,20H2/q+1. The third-order valence-electron chi connectivity index (χ3n) is 3.60. The molecule has 2 heteroatoms. The van der Waals surface area contributed by atoms with E-state index in [0.29, 0.717) is 0 Å². The van der Waals surface area contributed by atoms with Gasteiger partial charge in [0.25, 0.3) is 0 Å². The Hall–Kier alpha value is -2.61. The molecule has 2 nitrogen and oxygen atoms in total. The van der Waals surface area contributed by atoms with E-state index in [-0.39, 0.29) is 0 Å². The maximum absolute atomic E-state index is 5.98. The largest absolute Gasteiger partial charge is 0.207 e. The second-order valence-electron chi connectivity index (χ2n) is 5.23. The minimum absolute atomic E-state index is 0.988. The third kappa shape index (κ3) is 3.48. The fourth-order valence-electron chi connectivity index (χ4n) is 2.52. The van der Waals surface area contributed by atoms with E-state index in [4.69, 9.17) is 5.84 Å². The van der Waals surface area contributed by atoms with Gasteiger partial charge < -0.3 is 0 Å². The maximum Gasteiger partial charge on any atom is 0.207 e. The molecule has 0 amide bonds. The molecular formula is C19H19N2+. The lowest BCUT2D eigenvalue weighted by Crippen LogP contribution is -2.44. The molecule has 21 heavy (non-hydrogen) atoms. The van der Waals surface area contributed by atoms with Crippen LogP contribution in [0.3, 0.4) is 0 Å². The van der Waals surface area contributed by atoms with Crippen molar-refractivity contribution >= 4 is 0 Å². The van der Waals surface area contributed by atoms with Crippen LogP contribution < -0.4 is 10.5 Å². The number of aromatic nitrogens is 1. The predicted molar refractivity (Wildman–Crippen MR) is 86.1 cm³/mol. The van der Waals surface area contributed by atoms with Gasteiger partial charge in [0.2, 0.25) is 12.4 Å². The van der Waals surface area contributed by atoms with Crippen LogP contribution in [0, 0.1) is 0 Å². The number of nitrogens with two attached hydrogens (primary N) is 1. The molecule has 0 bridgehead atoms. The molecule has 0 aliphatic rings. The Balaban J connectivity index is 1.82. The van der Waals surface area contributed by atoms with Gasteiger partial charge in [0, 0.05) is 11.1 Å². The average molecular weight is 275 g/mol. The van der Waals surface area contributed by atoms with Crippen LogP contribution >= 0.6 is 0 Å². The molecule has 2 N–H and O–H groups in total. The van der Waals surface area contributed by atoms with Crippen molar-refractivity contribution in [3.63, 3.8) is 0 Å². The Labute approximate surface area is 125 Å². The minimum Gasteiger partial charge on any atom is -0.205 e. The topological polar surface area (TPSA) is 29.9 Å². The van der Waals surface area contributed by atoms with Crippen molar-refractivity contribution in [3.05, 3.63) is 90.3 Å². The van der Waals surface area contributed by atoms with E-state index in [1.54, 1.807) is 4.68 Å². The lowest BCUT2D eigenvalue weighted by atomic mass is 10.0. The first-order valence-electron chi connectivity index (χ1n) is 7.21. The number of hydrogen-bond acceptors (Lipinski definition) is 1. The Morgan fingerprint density at radius 2 is 1.29 bits per heavy atom. The molecule has 0 atom stereocenters. The zero-order valence-corrected chi connectivity index (χ0v) is 11.9. The van der Waals surface area contributed by atoms with Gasteiger partial charge in [-0.1, -0.05) is 65.3 Å². The number of hydrogen-bond donors (Lipinski definition) is 1. The van der Waals surface area contributed by atoms with E-state index in [2.05, 4.69) is 42.5 Å². The second kappa shape index (κ2) is 6.23. The van der Waals surface area contributed by atoms with Crippen LogP contribution in [0.25, 0.3) is 11.1 Å². The van der Waals surface area contributed by atoms with Gasteiger partial charge >= 0.3 is 0 Å². The normalized spacial score (nSPS) is 10.5. The summed E-state index contributed by atoms with van der Waals surface area (Å²) in [7, 11) is 0. The molecule has 0 saturated carbocycles. The van der Waals surface area contributed by atoms with Crippen LogP contribution in [0.5, 0.6) is 0 Å². The molecule has 104 valence electrons. The Morgan fingerprint density at radius 1 is 0.667 bits per heavy atom. The van der Waals surface area contributed by atoms with Gasteiger partial charge in [0.1, 0.15) is 0 Å². The van der Waals surface area contributed by atoms with Crippen molar-refractivity contribution in [3.8, 4) is 11.1 Å². The highest BCUT2D eigenvalue weighted by molar-refractivity contribution is 5.62. The highest BCUT2D eigenvalue weighted by atomic mass is 15.3. The molecule has 0 unspecified atom stereocenters. The summed E-state index contributed by atoms with van der Waals surface area (Å²) >= 11 is 0. The third-order valence-corrected chi connectivity index (χ3v) is 3.60. The maximum atomic E-state index is 5.98. The number of aryl methyl sites for hydroxylation is 2. The van der Waals surface area contributed by atoms with Gasteiger partial charge in [0.05, 0.1) is 0 Å². The van der Waals surface area contributed by atoms with E-state index < -0.39 is 0 Å². The fourth-order valence-corrected chi connectivity index (χ4v) is 2.52. The minimum atomic E-state index is 0.988. The van der Waals surface area contributed by atoms with Gasteiger partial charge in [-0.15, -0.1) is 0 Å². The summed E-state index contributed by atoms with van der Waals surface area (Å²) in [5.41, 5.74) is 4.95. The van der Waals surface area contributed by atoms with Crippen molar-refractivity contribution in [2.24, 2.45) is 0 Å². The monoisotopic (exact) mass is 275 g/mol. The van der Waals surface area contributed by atoms with Crippen LogP contribution in [-0.2, 0) is 12.8 Å². The van der Waals surface area contributed by atoms with Crippen molar-refractivity contribution in [1.82, 2.24) is 0 Å². The summed E-state index contributed by atoms with van der Waals surface area (Å²) in [5, 5.41) is 0. The Bertz CT molecular complexity index is 706. The van der Waals surface area contributed by atoms with Crippen molar-refractivity contribution in [1.29, 1.82) is 0 Å². The molecule has 0 spiro atoms. The second-order valence-corrected chi connectivity index (χ2v) is 5.23. The summed E-state index contributed by atoms with van der Waals surface area (Å²) in [4.78, 5) is 0. The number of nitrogens with zero attached hydrogens (tertiary/aromatic N) is 1. The SMILES string of the molecule is N[n+]1cc(CCc2ccccc2)cc(-c2ccccc2)c1. The predicted octanol–water partition coefficient (Wildman–Crippen LogP) is 3.14. The van der Waals surface area contributed by atoms with E-state index in [1.807, 2.05) is 36.7 Å². The van der Waals surface area contributed by atoms with Crippen LogP contribution in [-0.4, -0.2) is 0 Å². The lowest BCUT2D eigenvalue weighted by Gasteiger charge is -2.04. The zero-order valence-electron chi connectivity index (χ0n) is 11.9. The highest BCUT2D eigenvalue weighted by Crippen LogP contribution is 2.18. The Morgan fingerprint density at radius 3 is 2.00 bits per heavy atom. The van der Waals surface area contributed by atoms with E-state index in [9.17, 15) is 0 Å². The van der Waals surface area contributed by atoms with E-state index in [1.165, 1.54) is 16.7 Å². The molecule has 0 fully saturated rings. The van der Waals surface area contributed by atoms with Gasteiger partial charge in [-0.05, 0) is 30.0 Å². The average Bonchev–Trinajstić information content (AvgIpc) is 2.54. The van der Waals surface area contributed by atoms with Crippen LogP contribution in [0.4, 0.5) is 0 Å². The smallest absolute Gasteiger partial charge is 0.205 e. The van der Waals surface area contributed by atoms with Gasteiger partial charge in [-0.2, -0.15) is 0 Å². The summed E-state index contributed by atoms with van der Waals surface area (Å²) in [5.74, 6) is 5.98. The number of benzene rings is 2. The first kappa shape index (κ1) is 13.4. The summed E-state index contributed by atoms with van der Waals surface area (Å²) in [6.07, 6.45) is 5.97. The molecule has 3 rings (SSSR count).